The van der Waals surface area contributed by atoms with Gasteiger partial charge in [0.15, 0.2) is 23.1 Å². The minimum atomic E-state index is -0.497. The molecular formula is C20H25BF2O4. The van der Waals surface area contributed by atoms with E-state index in [1.54, 1.807) is 12.1 Å². The molecule has 2 aromatic rings. The van der Waals surface area contributed by atoms with Crippen LogP contribution < -0.4 is 18.8 Å². The van der Waals surface area contributed by atoms with Gasteiger partial charge in [0.2, 0.25) is 0 Å². The zero-order chi connectivity index (χ0) is 19.5. The predicted molar refractivity (Wildman–Crippen MR) is 102 cm³/mol. The van der Waals surface area contributed by atoms with Crippen molar-refractivity contribution in [1.29, 1.82) is 0 Å². The summed E-state index contributed by atoms with van der Waals surface area (Å²) in [5.41, 5.74) is 0. The fourth-order valence-electron chi connectivity index (χ4n) is 2.20. The molecular weight excluding hydrogens is 353 g/mol. The van der Waals surface area contributed by atoms with Gasteiger partial charge in [0.1, 0.15) is 11.5 Å². The van der Waals surface area contributed by atoms with Gasteiger partial charge in [-0.25, -0.2) is 8.78 Å². The lowest BCUT2D eigenvalue weighted by Gasteiger charge is -2.11. The molecule has 0 aliphatic carbocycles. The molecule has 0 heterocycles. The van der Waals surface area contributed by atoms with E-state index in [9.17, 15) is 8.78 Å². The topological polar surface area (TPSA) is 36.9 Å². The number of unbranched alkanes of at least 4 members (excludes halogenated alkanes) is 2. The summed E-state index contributed by atoms with van der Waals surface area (Å²) in [6, 6.07) is 8.69. The molecule has 0 aliphatic heterocycles. The molecule has 27 heavy (non-hydrogen) atoms. The highest BCUT2D eigenvalue weighted by atomic mass is 19.1. The molecule has 0 aliphatic rings. The van der Waals surface area contributed by atoms with Crippen LogP contribution in [0.25, 0.3) is 0 Å². The van der Waals surface area contributed by atoms with E-state index in [0.29, 0.717) is 24.7 Å². The number of halogens is 2. The second-order valence-electron chi connectivity index (χ2n) is 6.00. The Morgan fingerprint density at radius 2 is 1.19 bits per heavy atom. The summed E-state index contributed by atoms with van der Waals surface area (Å²) in [4.78, 5) is 0. The Labute approximate surface area is 159 Å². The Morgan fingerprint density at radius 1 is 0.741 bits per heavy atom. The maximum Gasteiger partial charge on any atom is 0.576 e. The van der Waals surface area contributed by atoms with Crippen molar-refractivity contribution in [3.63, 3.8) is 0 Å². The monoisotopic (exact) mass is 378 g/mol. The van der Waals surface area contributed by atoms with Crippen molar-refractivity contribution in [3.8, 4) is 23.0 Å². The number of hydrogen-bond donors (Lipinski definition) is 0. The highest BCUT2D eigenvalue weighted by Crippen LogP contribution is 2.24. The molecule has 0 bridgehead atoms. The minimum Gasteiger partial charge on any atom is -0.528 e. The van der Waals surface area contributed by atoms with Crippen molar-refractivity contribution < 1.29 is 27.6 Å². The van der Waals surface area contributed by atoms with Crippen molar-refractivity contribution in [3.05, 3.63) is 48.0 Å². The molecule has 0 saturated heterocycles. The van der Waals surface area contributed by atoms with Crippen LogP contribution in [0.2, 0.25) is 0 Å². The smallest absolute Gasteiger partial charge is 0.528 e. The van der Waals surface area contributed by atoms with Crippen molar-refractivity contribution >= 4 is 7.69 Å². The fraction of sp³-hybridized carbons (Fsp3) is 0.400. The van der Waals surface area contributed by atoms with Gasteiger partial charge in [-0.05, 0) is 37.1 Å². The molecule has 0 unspecified atom stereocenters. The summed E-state index contributed by atoms with van der Waals surface area (Å²) in [6.07, 6.45) is 3.69. The summed E-state index contributed by atoms with van der Waals surface area (Å²) in [5, 5.41) is 0. The van der Waals surface area contributed by atoms with Gasteiger partial charge in [-0.15, -0.1) is 0 Å². The molecule has 0 atom stereocenters. The fourth-order valence-corrected chi connectivity index (χ4v) is 2.20. The normalized spacial score (nSPS) is 10.4. The molecule has 0 amide bonds. The van der Waals surface area contributed by atoms with Gasteiger partial charge in [0, 0.05) is 12.1 Å². The molecule has 146 valence electrons. The molecule has 0 N–H and O–H groups in total. The first-order valence-corrected chi connectivity index (χ1v) is 9.24. The minimum absolute atomic E-state index is 0.176. The van der Waals surface area contributed by atoms with Crippen LogP contribution in [0.15, 0.2) is 36.4 Å². The highest BCUT2D eigenvalue weighted by Gasteiger charge is 2.09. The highest BCUT2D eigenvalue weighted by molar-refractivity contribution is 6.20. The third-order valence-electron chi connectivity index (χ3n) is 3.77. The zero-order valence-corrected chi connectivity index (χ0v) is 15.8. The van der Waals surface area contributed by atoms with E-state index in [0.717, 1.165) is 25.7 Å². The summed E-state index contributed by atoms with van der Waals surface area (Å²) in [5.74, 6) is -0.00738. The molecule has 0 spiro atoms. The predicted octanol–water partition coefficient (Wildman–Crippen LogP) is 5.05. The Hall–Kier alpha value is -2.44. The lowest BCUT2D eigenvalue weighted by molar-refractivity contribution is 0.293. The third kappa shape index (κ3) is 7.00. The zero-order valence-electron chi connectivity index (χ0n) is 15.8. The maximum absolute atomic E-state index is 13.9. The summed E-state index contributed by atoms with van der Waals surface area (Å²) in [6.45, 7) is 5.02. The first-order chi connectivity index (χ1) is 13.1. The Kier molecular flexibility index (Phi) is 8.75. The number of benzene rings is 2. The van der Waals surface area contributed by atoms with Crippen LogP contribution in [-0.4, -0.2) is 20.9 Å². The molecule has 0 radical (unpaired) electrons. The number of rotatable bonds is 12. The van der Waals surface area contributed by atoms with Crippen LogP contribution >= 0.6 is 0 Å². The Balaban J connectivity index is 1.81. The van der Waals surface area contributed by atoms with Gasteiger partial charge in [0.05, 0.1) is 13.2 Å². The Bertz CT molecular complexity index is 653. The maximum atomic E-state index is 13.9. The van der Waals surface area contributed by atoms with Crippen molar-refractivity contribution in [1.82, 2.24) is 0 Å². The van der Waals surface area contributed by atoms with Crippen molar-refractivity contribution in [2.75, 3.05) is 13.2 Å². The van der Waals surface area contributed by atoms with E-state index < -0.39 is 11.6 Å². The van der Waals surface area contributed by atoms with Gasteiger partial charge in [-0.1, -0.05) is 26.7 Å². The quantitative estimate of drug-likeness (QED) is 0.383. The van der Waals surface area contributed by atoms with E-state index in [4.69, 9.17) is 18.8 Å². The van der Waals surface area contributed by atoms with Crippen LogP contribution in [-0.2, 0) is 0 Å². The van der Waals surface area contributed by atoms with E-state index in [1.165, 1.54) is 24.3 Å². The average Bonchev–Trinajstić information content (AvgIpc) is 2.65. The number of hydrogen-bond acceptors (Lipinski definition) is 4. The third-order valence-corrected chi connectivity index (χ3v) is 3.77. The molecule has 2 rings (SSSR count). The van der Waals surface area contributed by atoms with Crippen LogP contribution in [0.1, 0.15) is 39.5 Å². The van der Waals surface area contributed by atoms with Gasteiger partial charge in [0.25, 0.3) is 0 Å². The van der Waals surface area contributed by atoms with Crippen molar-refractivity contribution in [2.45, 2.75) is 39.5 Å². The summed E-state index contributed by atoms with van der Waals surface area (Å²) >= 11 is 0. The average molecular weight is 378 g/mol. The first kappa shape index (κ1) is 20.9. The van der Waals surface area contributed by atoms with Gasteiger partial charge < -0.3 is 18.8 Å². The van der Waals surface area contributed by atoms with E-state index in [1.807, 2.05) is 13.8 Å². The van der Waals surface area contributed by atoms with Gasteiger partial charge >= 0.3 is 7.69 Å². The van der Waals surface area contributed by atoms with Crippen molar-refractivity contribution in [2.24, 2.45) is 0 Å². The second-order valence-corrected chi connectivity index (χ2v) is 6.00. The molecule has 0 fully saturated rings. The second kappa shape index (κ2) is 11.3. The molecule has 0 saturated carbocycles. The standard InChI is InChI=1S/C20H25BF2O4/c1-3-5-11-24-19-9-7-15(13-17(19)22)26-21-27-16-8-10-20(18(23)14-16)25-12-6-4-2/h7-10,13-14,21H,3-6,11-12H2,1-2H3. The lowest BCUT2D eigenvalue weighted by atomic mass is 10.2. The van der Waals surface area contributed by atoms with Gasteiger partial charge in [-0.2, -0.15) is 0 Å². The largest absolute Gasteiger partial charge is 0.576 e. The SMILES string of the molecule is CCCCOc1ccc(OBOc2ccc(OCCCC)c(F)c2)cc1F. The van der Waals surface area contributed by atoms with Crippen LogP contribution in [0.5, 0.6) is 23.0 Å². The van der Waals surface area contributed by atoms with Gasteiger partial charge in [-0.3, -0.25) is 0 Å². The lowest BCUT2D eigenvalue weighted by Crippen LogP contribution is -2.11. The summed E-state index contributed by atoms with van der Waals surface area (Å²) in [7, 11) is -0.176. The molecule has 2 aromatic carbocycles. The molecule has 0 aromatic heterocycles. The van der Waals surface area contributed by atoms with E-state index in [-0.39, 0.29) is 19.2 Å². The Morgan fingerprint density at radius 3 is 1.56 bits per heavy atom. The number of ether oxygens (including phenoxy) is 2. The first-order valence-electron chi connectivity index (χ1n) is 9.24. The van der Waals surface area contributed by atoms with Crippen LogP contribution in [0, 0.1) is 11.6 Å². The van der Waals surface area contributed by atoms with Crippen LogP contribution in [0.3, 0.4) is 0 Å². The molecule has 4 nitrogen and oxygen atoms in total. The van der Waals surface area contributed by atoms with Crippen LogP contribution in [0.4, 0.5) is 8.78 Å². The van der Waals surface area contributed by atoms with E-state index >= 15 is 0 Å². The summed E-state index contributed by atoms with van der Waals surface area (Å²) < 4.78 is 49.3. The van der Waals surface area contributed by atoms with E-state index in [2.05, 4.69) is 0 Å². The molecule has 7 heteroatoms.